The van der Waals surface area contributed by atoms with Crippen molar-refractivity contribution in [3.8, 4) is 11.3 Å². The van der Waals surface area contributed by atoms with E-state index in [1.165, 1.54) is 29.0 Å². The van der Waals surface area contributed by atoms with Crippen LogP contribution in [0.4, 0.5) is 23.2 Å². The average molecular weight is 552 g/mol. The van der Waals surface area contributed by atoms with Crippen LogP contribution in [0, 0.1) is 11.6 Å². The lowest BCUT2D eigenvalue weighted by Gasteiger charge is -2.29. The first-order chi connectivity index (χ1) is 17.6. The number of carbonyl (C=O) groups excluding carboxylic acids is 2. The summed E-state index contributed by atoms with van der Waals surface area (Å²) in [7, 11) is 0. The van der Waals surface area contributed by atoms with Gasteiger partial charge in [-0.3, -0.25) is 9.59 Å². The van der Waals surface area contributed by atoms with Gasteiger partial charge < -0.3 is 15.2 Å². The maximum atomic E-state index is 14.2. The Morgan fingerprint density at radius 3 is 2.59 bits per heavy atom. The number of hydrogen-bond acceptors (Lipinski definition) is 3. The highest BCUT2D eigenvalue weighted by Gasteiger charge is 2.34. The van der Waals surface area contributed by atoms with Crippen molar-refractivity contribution < 1.29 is 27.2 Å². The van der Waals surface area contributed by atoms with Crippen molar-refractivity contribution in [3.63, 3.8) is 0 Å². The Hall–Kier alpha value is -3.83. The molecule has 3 heterocycles. The molecule has 4 aromatic rings. The summed E-state index contributed by atoms with van der Waals surface area (Å²) < 4.78 is 56.3. The molecule has 0 bridgehead atoms. The molecule has 7 nitrogen and oxygen atoms in total. The molecule has 0 spiro atoms. The summed E-state index contributed by atoms with van der Waals surface area (Å²) in [6, 6.07) is 7.34. The molecule has 0 radical (unpaired) electrons. The number of nitrogens with one attached hydrogen (secondary N) is 2. The summed E-state index contributed by atoms with van der Waals surface area (Å²) in [6.07, 6.45) is 2.27. The Bertz CT molecular complexity index is 1530. The van der Waals surface area contributed by atoms with E-state index in [0.29, 0.717) is 10.4 Å². The molecule has 0 saturated carbocycles. The highest BCUT2D eigenvalue weighted by molar-refractivity contribution is 6.31. The first-order valence-electron chi connectivity index (χ1n) is 10.7. The minimum absolute atomic E-state index is 0.000782. The van der Waals surface area contributed by atoms with Gasteiger partial charge in [0, 0.05) is 32.9 Å². The first-order valence-corrected chi connectivity index (χ1v) is 11.4. The monoisotopic (exact) mass is 551 g/mol. The second-order valence-corrected chi connectivity index (χ2v) is 9.02. The lowest BCUT2D eigenvalue weighted by atomic mass is 10.0. The van der Waals surface area contributed by atoms with Gasteiger partial charge in [-0.15, -0.1) is 0 Å². The van der Waals surface area contributed by atoms with Gasteiger partial charge in [0.15, 0.2) is 0 Å². The third kappa shape index (κ3) is 4.79. The molecule has 0 aliphatic carbocycles. The van der Waals surface area contributed by atoms with Gasteiger partial charge in [-0.05, 0) is 42.5 Å². The zero-order valence-corrected chi connectivity index (χ0v) is 20.0. The van der Waals surface area contributed by atoms with Gasteiger partial charge >= 0.3 is 6.55 Å². The quantitative estimate of drug-likeness (QED) is 0.307. The normalized spacial score (nSPS) is 15.0. The third-order valence-corrected chi connectivity index (χ3v) is 6.32. The van der Waals surface area contributed by atoms with E-state index in [0.717, 1.165) is 30.5 Å². The molecule has 2 amide bonds. The molecule has 2 N–H and O–H groups in total. The number of rotatable bonds is 5. The van der Waals surface area contributed by atoms with Crippen LogP contribution in [-0.4, -0.2) is 26.2 Å². The number of fused-ring (bicyclic) bond motifs is 1. The number of aromatic nitrogens is 3. The van der Waals surface area contributed by atoms with E-state index in [1.54, 1.807) is 0 Å². The predicted octanol–water partition coefficient (Wildman–Crippen LogP) is 5.80. The van der Waals surface area contributed by atoms with Crippen LogP contribution in [0.25, 0.3) is 11.3 Å². The summed E-state index contributed by atoms with van der Waals surface area (Å²) in [4.78, 5) is 25.7. The standard InChI is InChI=1S/C24H15Cl2F4N5O2/c25-13-3-11(4-15(28)5-13)23(37)32-18-7-19(12-8-31-35(9-12)24(29)30)34-10-20(36)33-21(22(18)34)16-6-14(27)1-2-17(16)26/h1-9,21,24H,10H2,(H,32,37)(H,33,36). The zero-order valence-electron chi connectivity index (χ0n) is 18.5. The molecule has 37 heavy (non-hydrogen) atoms. The summed E-state index contributed by atoms with van der Waals surface area (Å²) >= 11 is 12.2. The van der Waals surface area contributed by atoms with E-state index in [4.69, 9.17) is 23.2 Å². The number of anilines is 1. The predicted molar refractivity (Wildman–Crippen MR) is 128 cm³/mol. The van der Waals surface area contributed by atoms with E-state index in [-0.39, 0.29) is 44.7 Å². The summed E-state index contributed by atoms with van der Waals surface area (Å²) in [5, 5.41) is 9.17. The molecule has 0 saturated heterocycles. The molecule has 1 atom stereocenters. The molecule has 5 rings (SSSR count). The van der Waals surface area contributed by atoms with E-state index in [2.05, 4.69) is 15.7 Å². The lowest BCUT2D eigenvalue weighted by molar-refractivity contribution is -0.123. The van der Waals surface area contributed by atoms with Crippen molar-refractivity contribution in [3.05, 3.63) is 93.4 Å². The third-order valence-electron chi connectivity index (χ3n) is 5.76. The second-order valence-electron chi connectivity index (χ2n) is 8.18. The number of hydrogen-bond donors (Lipinski definition) is 2. The van der Waals surface area contributed by atoms with Crippen LogP contribution in [0.3, 0.4) is 0 Å². The van der Waals surface area contributed by atoms with Crippen LogP contribution < -0.4 is 10.6 Å². The zero-order chi connectivity index (χ0) is 26.4. The average Bonchev–Trinajstić information content (AvgIpc) is 3.45. The van der Waals surface area contributed by atoms with Crippen LogP contribution in [-0.2, 0) is 11.3 Å². The van der Waals surface area contributed by atoms with E-state index in [1.807, 2.05) is 0 Å². The maximum absolute atomic E-state index is 14.2. The molecule has 2 aromatic heterocycles. The van der Waals surface area contributed by atoms with Crippen molar-refractivity contribution in [2.75, 3.05) is 5.32 Å². The fourth-order valence-electron chi connectivity index (χ4n) is 4.22. The summed E-state index contributed by atoms with van der Waals surface area (Å²) in [6.45, 7) is -3.14. The number of carbonyl (C=O) groups is 2. The highest BCUT2D eigenvalue weighted by Crippen LogP contribution is 2.40. The Balaban J connectivity index is 1.67. The van der Waals surface area contributed by atoms with Gasteiger partial charge in [0.05, 0.1) is 29.3 Å². The van der Waals surface area contributed by atoms with Gasteiger partial charge in [-0.1, -0.05) is 23.2 Å². The van der Waals surface area contributed by atoms with Gasteiger partial charge in [-0.2, -0.15) is 13.9 Å². The Labute approximate surface area is 216 Å². The smallest absolute Gasteiger partial charge is 0.333 e. The van der Waals surface area contributed by atoms with E-state index in [9.17, 15) is 27.2 Å². The van der Waals surface area contributed by atoms with Crippen LogP contribution in [0.5, 0.6) is 0 Å². The number of nitrogens with zero attached hydrogens (tertiary/aromatic N) is 3. The Morgan fingerprint density at radius 2 is 1.89 bits per heavy atom. The maximum Gasteiger partial charge on any atom is 0.333 e. The van der Waals surface area contributed by atoms with Crippen LogP contribution in [0.1, 0.15) is 34.2 Å². The van der Waals surface area contributed by atoms with Crippen molar-refractivity contribution >= 4 is 40.7 Å². The van der Waals surface area contributed by atoms with Gasteiger partial charge in [0.1, 0.15) is 18.2 Å². The SMILES string of the molecule is O=C1Cn2c(-c3cnn(C(F)F)c3)cc(NC(=O)c3cc(F)cc(Cl)c3)c2C(c2cc(F)ccc2Cl)N1. The largest absolute Gasteiger partial charge is 0.342 e. The van der Waals surface area contributed by atoms with Gasteiger partial charge in [0.25, 0.3) is 5.91 Å². The second kappa shape index (κ2) is 9.56. The van der Waals surface area contributed by atoms with Crippen molar-refractivity contribution in [1.82, 2.24) is 19.7 Å². The minimum atomic E-state index is -2.90. The van der Waals surface area contributed by atoms with Gasteiger partial charge in [-0.25, -0.2) is 13.5 Å². The lowest BCUT2D eigenvalue weighted by Crippen LogP contribution is -2.39. The molecule has 13 heteroatoms. The molecule has 0 fully saturated rings. The fourth-order valence-corrected chi connectivity index (χ4v) is 4.67. The fraction of sp³-hybridized carbons (Fsp3) is 0.125. The number of alkyl halides is 2. The van der Waals surface area contributed by atoms with Crippen molar-refractivity contribution in [1.29, 1.82) is 0 Å². The van der Waals surface area contributed by atoms with Gasteiger partial charge in [0.2, 0.25) is 5.91 Å². The van der Waals surface area contributed by atoms with Crippen LogP contribution in [0.2, 0.25) is 10.0 Å². The van der Waals surface area contributed by atoms with Crippen LogP contribution in [0.15, 0.2) is 54.9 Å². The summed E-state index contributed by atoms with van der Waals surface area (Å²) in [5.41, 5.74) is 1.07. The molecule has 1 unspecified atom stereocenters. The Kier molecular flexibility index (Phi) is 6.42. The highest BCUT2D eigenvalue weighted by atomic mass is 35.5. The molecular formula is C24H15Cl2F4N5O2. The number of benzene rings is 2. The van der Waals surface area contributed by atoms with Crippen molar-refractivity contribution in [2.45, 2.75) is 19.1 Å². The van der Waals surface area contributed by atoms with E-state index >= 15 is 0 Å². The topological polar surface area (TPSA) is 81.0 Å². The molecular weight excluding hydrogens is 537 g/mol. The molecule has 1 aliphatic heterocycles. The van der Waals surface area contributed by atoms with E-state index < -0.39 is 36.0 Å². The first kappa shape index (κ1) is 24.8. The minimum Gasteiger partial charge on any atom is -0.342 e. The number of amides is 2. The summed E-state index contributed by atoms with van der Waals surface area (Å²) in [5.74, 6) is -2.54. The molecule has 2 aromatic carbocycles. The van der Waals surface area contributed by atoms with Crippen LogP contribution >= 0.6 is 23.2 Å². The van der Waals surface area contributed by atoms with Crippen molar-refractivity contribution in [2.24, 2.45) is 0 Å². The Morgan fingerprint density at radius 1 is 1.11 bits per heavy atom. The number of halogens is 6. The molecule has 190 valence electrons. The molecule has 1 aliphatic rings.